The summed E-state index contributed by atoms with van der Waals surface area (Å²) in [6, 6.07) is -0.347. The van der Waals surface area contributed by atoms with Crippen LogP contribution in [0.3, 0.4) is 0 Å². The van der Waals surface area contributed by atoms with Crippen LogP contribution in [0, 0.1) is 0 Å². The van der Waals surface area contributed by atoms with Gasteiger partial charge in [-0.05, 0) is 6.42 Å². The van der Waals surface area contributed by atoms with E-state index < -0.39 is 0 Å². The molecule has 1 saturated heterocycles. The number of carbonyl (C=O) groups is 1. The van der Waals surface area contributed by atoms with Crippen molar-refractivity contribution in [3.63, 3.8) is 0 Å². The monoisotopic (exact) mass is 115 g/mol. The second-order valence-electron chi connectivity index (χ2n) is 1.93. The second-order valence-corrected chi connectivity index (χ2v) is 1.93. The zero-order valence-corrected chi connectivity index (χ0v) is 4.50. The number of carbonyl (C=O) groups excluding carboxylic acids is 1. The molecular weight excluding hydrogens is 106 g/mol. The zero-order chi connectivity index (χ0) is 6.15. The van der Waals surface area contributed by atoms with Crippen molar-refractivity contribution in [3.05, 3.63) is 0 Å². The van der Waals surface area contributed by atoms with Gasteiger partial charge in [0.05, 0.1) is 6.04 Å². The summed E-state index contributed by atoms with van der Waals surface area (Å²) in [5.41, 5.74) is 5.30. The van der Waals surface area contributed by atoms with Crippen LogP contribution in [-0.4, -0.2) is 23.5 Å². The van der Waals surface area contributed by atoms with Crippen molar-refractivity contribution in [2.24, 2.45) is 11.6 Å². The zero-order valence-electron chi connectivity index (χ0n) is 4.50. The number of nitrogens with zero attached hydrogens (tertiary/aromatic N) is 1. The minimum atomic E-state index is -0.347. The van der Waals surface area contributed by atoms with Crippen molar-refractivity contribution < 1.29 is 4.79 Å². The van der Waals surface area contributed by atoms with Crippen molar-refractivity contribution >= 4 is 5.91 Å². The highest BCUT2D eigenvalue weighted by molar-refractivity contribution is 5.82. The largest absolute Gasteiger partial charge is 0.320 e. The van der Waals surface area contributed by atoms with Gasteiger partial charge in [0.15, 0.2) is 0 Å². The normalized spacial score (nSPS) is 29.5. The third-order valence-electron chi connectivity index (χ3n) is 1.28. The maximum Gasteiger partial charge on any atom is 0.253 e. The standard InChI is InChI=1S/C4H9N3O/c5-3-1-2-7(6)4(3)8/h3H,1-2,5-6H2/t3-/m0/s1. The second kappa shape index (κ2) is 1.72. The number of rotatable bonds is 0. The Bertz CT molecular complexity index is 102. The Hall–Kier alpha value is -0.610. The first-order valence-electron chi connectivity index (χ1n) is 2.53. The number of amides is 1. The van der Waals surface area contributed by atoms with E-state index in [9.17, 15) is 4.79 Å². The van der Waals surface area contributed by atoms with Gasteiger partial charge in [0.25, 0.3) is 5.91 Å². The highest BCUT2D eigenvalue weighted by atomic mass is 16.2. The van der Waals surface area contributed by atoms with Crippen LogP contribution >= 0.6 is 0 Å². The highest BCUT2D eigenvalue weighted by Gasteiger charge is 2.25. The average Bonchev–Trinajstić information content (AvgIpc) is 1.98. The smallest absolute Gasteiger partial charge is 0.253 e. The van der Waals surface area contributed by atoms with E-state index in [0.717, 1.165) is 5.01 Å². The summed E-state index contributed by atoms with van der Waals surface area (Å²) in [6.45, 7) is 0.597. The van der Waals surface area contributed by atoms with E-state index in [1.165, 1.54) is 0 Å². The Morgan fingerprint density at radius 3 is 2.50 bits per heavy atom. The third kappa shape index (κ3) is 0.677. The first-order chi connectivity index (χ1) is 3.72. The Kier molecular flexibility index (Phi) is 1.19. The molecule has 0 unspecified atom stereocenters. The van der Waals surface area contributed by atoms with Gasteiger partial charge in [-0.15, -0.1) is 0 Å². The molecule has 0 radical (unpaired) electrons. The molecule has 1 atom stereocenters. The molecule has 1 fully saturated rings. The van der Waals surface area contributed by atoms with Crippen LogP contribution in [0.1, 0.15) is 6.42 Å². The van der Waals surface area contributed by atoms with Gasteiger partial charge < -0.3 is 5.73 Å². The third-order valence-corrected chi connectivity index (χ3v) is 1.28. The van der Waals surface area contributed by atoms with Crippen LogP contribution in [-0.2, 0) is 4.79 Å². The molecule has 1 amide bonds. The lowest BCUT2D eigenvalue weighted by atomic mass is 10.3. The van der Waals surface area contributed by atoms with Gasteiger partial charge in [0.2, 0.25) is 0 Å². The number of hydrazine groups is 1. The maximum atomic E-state index is 10.6. The fraction of sp³-hybridized carbons (Fsp3) is 0.750. The first-order valence-corrected chi connectivity index (χ1v) is 2.53. The molecule has 0 saturated carbocycles. The van der Waals surface area contributed by atoms with E-state index in [1.807, 2.05) is 0 Å². The van der Waals surface area contributed by atoms with Crippen molar-refractivity contribution in [3.8, 4) is 0 Å². The highest BCUT2D eigenvalue weighted by Crippen LogP contribution is 2.02. The minimum absolute atomic E-state index is 0.148. The summed E-state index contributed by atoms with van der Waals surface area (Å²) in [7, 11) is 0. The summed E-state index contributed by atoms with van der Waals surface area (Å²) < 4.78 is 0. The molecule has 0 aromatic carbocycles. The van der Waals surface area contributed by atoms with E-state index in [0.29, 0.717) is 13.0 Å². The Labute approximate surface area is 47.4 Å². The quantitative estimate of drug-likeness (QED) is 0.295. The van der Waals surface area contributed by atoms with Gasteiger partial charge in [0.1, 0.15) is 0 Å². The molecule has 0 spiro atoms. The van der Waals surface area contributed by atoms with Gasteiger partial charge in [-0.25, -0.2) is 5.84 Å². The molecule has 0 aromatic heterocycles. The summed E-state index contributed by atoms with van der Waals surface area (Å²) in [6.07, 6.45) is 0.690. The summed E-state index contributed by atoms with van der Waals surface area (Å²) in [4.78, 5) is 10.6. The predicted molar refractivity (Wildman–Crippen MR) is 28.5 cm³/mol. The van der Waals surface area contributed by atoms with Crippen molar-refractivity contribution in [1.82, 2.24) is 5.01 Å². The topological polar surface area (TPSA) is 72.3 Å². The molecule has 1 heterocycles. The molecule has 4 heteroatoms. The lowest BCUT2D eigenvalue weighted by molar-refractivity contribution is -0.128. The Balaban J connectivity index is 2.57. The molecule has 1 aliphatic heterocycles. The van der Waals surface area contributed by atoms with Crippen LogP contribution < -0.4 is 11.6 Å². The van der Waals surface area contributed by atoms with Crippen molar-refractivity contribution in [2.75, 3.05) is 6.54 Å². The average molecular weight is 115 g/mol. The van der Waals surface area contributed by atoms with Crippen LogP contribution in [0.25, 0.3) is 0 Å². The molecule has 0 bridgehead atoms. The molecule has 4 nitrogen and oxygen atoms in total. The van der Waals surface area contributed by atoms with Crippen LogP contribution in [0.5, 0.6) is 0 Å². The fourth-order valence-electron chi connectivity index (χ4n) is 0.725. The van der Waals surface area contributed by atoms with Gasteiger partial charge in [-0.3, -0.25) is 9.80 Å². The molecule has 4 N–H and O–H groups in total. The maximum absolute atomic E-state index is 10.6. The van der Waals surface area contributed by atoms with E-state index in [2.05, 4.69) is 0 Å². The van der Waals surface area contributed by atoms with Crippen molar-refractivity contribution in [1.29, 1.82) is 0 Å². The van der Waals surface area contributed by atoms with Crippen molar-refractivity contribution in [2.45, 2.75) is 12.5 Å². The van der Waals surface area contributed by atoms with Gasteiger partial charge >= 0.3 is 0 Å². The molecule has 1 rings (SSSR count). The van der Waals surface area contributed by atoms with Crippen LogP contribution in [0.15, 0.2) is 0 Å². The van der Waals surface area contributed by atoms with E-state index in [1.54, 1.807) is 0 Å². The minimum Gasteiger partial charge on any atom is -0.320 e. The summed E-state index contributed by atoms with van der Waals surface area (Å²) >= 11 is 0. The molecule has 1 aliphatic rings. The summed E-state index contributed by atoms with van der Waals surface area (Å²) in [5, 5.41) is 1.16. The fourth-order valence-corrected chi connectivity index (χ4v) is 0.725. The lowest BCUT2D eigenvalue weighted by Gasteiger charge is -2.04. The lowest BCUT2D eigenvalue weighted by Crippen LogP contribution is -2.38. The number of hydrogen-bond acceptors (Lipinski definition) is 3. The van der Waals surface area contributed by atoms with Crippen LogP contribution in [0.2, 0.25) is 0 Å². The summed E-state index contributed by atoms with van der Waals surface area (Å²) in [5.74, 6) is 5.02. The Morgan fingerprint density at radius 2 is 2.38 bits per heavy atom. The van der Waals surface area contributed by atoms with Gasteiger partial charge in [-0.1, -0.05) is 0 Å². The van der Waals surface area contributed by atoms with E-state index in [-0.39, 0.29) is 11.9 Å². The number of nitrogens with two attached hydrogens (primary N) is 2. The van der Waals surface area contributed by atoms with E-state index >= 15 is 0 Å². The molecular formula is C4H9N3O. The molecule has 0 aliphatic carbocycles. The van der Waals surface area contributed by atoms with E-state index in [4.69, 9.17) is 11.6 Å². The molecule has 46 valence electrons. The number of hydrogen-bond donors (Lipinski definition) is 2. The first kappa shape index (κ1) is 5.53. The Morgan fingerprint density at radius 1 is 1.75 bits per heavy atom. The van der Waals surface area contributed by atoms with Gasteiger partial charge in [-0.2, -0.15) is 0 Å². The van der Waals surface area contributed by atoms with Gasteiger partial charge in [0, 0.05) is 6.54 Å². The molecule has 0 aromatic rings. The predicted octanol–water partition coefficient (Wildman–Crippen LogP) is -1.58. The SMILES string of the molecule is N[C@H]1CCN(N)C1=O. The van der Waals surface area contributed by atoms with Crippen LogP contribution in [0.4, 0.5) is 0 Å². The molecule has 8 heavy (non-hydrogen) atoms.